The van der Waals surface area contributed by atoms with Crippen molar-refractivity contribution in [3.05, 3.63) is 23.9 Å². The summed E-state index contributed by atoms with van der Waals surface area (Å²) in [6.45, 7) is 5.60. The average Bonchev–Trinajstić information content (AvgIpc) is 2.14. The van der Waals surface area contributed by atoms with Crippen molar-refractivity contribution in [2.24, 2.45) is 4.40 Å². The van der Waals surface area contributed by atoms with E-state index in [0.717, 1.165) is 0 Å². The highest BCUT2D eigenvalue weighted by molar-refractivity contribution is 7.85. The highest BCUT2D eigenvalue weighted by Crippen LogP contribution is 2.12. The van der Waals surface area contributed by atoms with Crippen molar-refractivity contribution in [1.82, 2.24) is 4.98 Å². The standard InChI is InChI=1S/C10H15N3OS/c1-10(2,3)15(14)13-7-8-5-4-6-12-9(8)11/h4-7H,1-3H3,(H2,11,12)/t15-/m0/s1. The van der Waals surface area contributed by atoms with Crippen LogP contribution in [-0.2, 0) is 11.0 Å². The second kappa shape index (κ2) is 4.53. The molecule has 0 amide bonds. The van der Waals surface area contributed by atoms with Crippen LogP contribution in [0, 0.1) is 0 Å². The molecule has 1 atom stereocenters. The van der Waals surface area contributed by atoms with Gasteiger partial charge < -0.3 is 5.73 Å². The van der Waals surface area contributed by atoms with E-state index in [9.17, 15) is 4.21 Å². The number of nitrogen functional groups attached to an aromatic ring is 1. The molecule has 0 radical (unpaired) electrons. The number of hydrogen-bond acceptors (Lipinski definition) is 3. The predicted molar refractivity (Wildman–Crippen MR) is 64.1 cm³/mol. The van der Waals surface area contributed by atoms with Gasteiger partial charge in [-0.15, -0.1) is 0 Å². The Hall–Kier alpha value is -1.23. The molecule has 0 fully saturated rings. The predicted octanol–water partition coefficient (Wildman–Crippen LogP) is 1.54. The summed E-state index contributed by atoms with van der Waals surface area (Å²) in [5, 5.41) is 0. The Balaban J connectivity index is 2.84. The zero-order chi connectivity index (χ0) is 11.5. The number of rotatable bonds is 2. The minimum Gasteiger partial charge on any atom is -0.383 e. The van der Waals surface area contributed by atoms with Gasteiger partial charge in [0, 0.05) is 18.0 Å². The van der Waals surface area contributed by atoms with Gasteiger partial charge in [-0.2, -0.15) is 4.40 Å². The van der Waals surface area contributed by atoms with Crippen molar-refractivity contribution in [3.63, 3.8) is 0 Å². The van der Waals surface area contributed by atoms with Crippen LogP contribution in [0.3, 0.4) is 0 Å². The van der Waals surface area contributed by atoms with E-state index in [1.165, 1.54) is 6.21 Å². The van der Waals surface area contributed by atoms with Gasteiger partial charge in [-0.1, -0.05) is 0 Å². The van der Waals surface area contributed by atoms with Crippen LogP contribution in [-0.4, -0.2) is 20.2 Å². The molecule has 82 valence electrons. The first kappa shape index (κ1) is 11.8. The van der Waals surface area contributed by atoms with E-state index in [-0.39, 0.29) is 4.75 Å². The highest BCUT2D eigenvalue weighted by atomic mass is 32.2. The third-order valence-electron chi connectivity index (χ3n) is 1.68. The molecule has 0 aromatic carbocycles. The Morgan fingerprint density at radius 3 is 2.73 bits per heavy atom. The molecule has 0 spiro atoms. The summed E-state index contributed by atoms with van der Waals surface area (Å²) in [5.74, 6) is 0.396. The summed E-state index contributed by atoms with van der Waals surface area (Å²) in [5.41, 5.74) is 6.30. The summed E-state index contributed by atoms with van der Waals surface area (Å²) in [6.07, 6.45) is 3.11. The molecule has 0 bridgehead atoms. The first-order valence-corrected chi connectivity index (χ1v) is 5.68. The molecule has 0 saturated heterocycles. The van der Waals surface area contributed by atoms with Crippen LogP contribution in [0.1, 0.15) is 26.3 Å². The SMILES string of the molecule is CC(C)(C)[S@](=O)N=Cc1cccnc1N. The molecule has 1 heterocycles. The Morgan fingerprint density at radius 2 is 2.20 bits per heavy atom. The Labute approximate surface area is 92.2 Å². The maximum atomic E-state index is 11.6. The van der Waals surface area contributed by atoms with Crippen LogP contribution in [0.2, 0.25) is 0 Å². The number of nitrogens with zero attached hydrogens (tertiary/aromatic N) is 2. The fourth-order valence-corrected chi connectivity index (χ4v) is 1.33. The highest BCUT2D eigenvalue weighted by Gasteiger charge is 2.18. The van der Waals surface area contributed by atoms with Gasteiger partial charge in [0.25, 0.3) is 0 Å². The van der Waals surface area contributed by atoms with E-state index in [1.54, 1.807) is 18.3 Å². The molecular formula is C10H15N3OS. The van der Waals surface area contributed by atoms with Crippen LogP contribution in [0.15, 0.2) is 22.7 Å². The first-order chi connectivity index (χ1) is 6.91. The number of aromatic nitrogens is 1. The molecule has 0 aliphatic carbocycles. The van der Waals surface area contributed by atoms with Crippen molar-refractivity contribution < 1.29 is 4.21 Å². The molecule has 0 unspecified atom stereocenters. The fourth-order valence-electron chi connectivity index (χ4n) is 0.802. The van der Waals surface area contributed by atoms with Gasteiger partial charge in [0.1, 0.15) is 16.8 Å². The van der Waals surface area contributed by atoms with Crippen molar-refractivity contribution in [3.8, 4) is 0 Å². The molecule has 15 heavy (non-hydrogen) atoms. The van der Waals surface area contributed by atoms with Gasteiger partial charge in [0.05, 0.1) is 4.75 Å². The van der Waals surface area contributed by atoms with Crippen LogP contribution in [0.25, 0.3) is 0 Å². The van der Waals surface area contributed by atoms with Crippen LogP contribution in [0.5, 0.6) is 0 Å². The molecule has 0 saturated carbocycles. The van der Waals surface area contributed by atoms with E-state index in [1.807, 2.05) is 20.8 Å². The zero-order valence-corrected chi connectivity index (χ0v) is 9.91. The average molecular weight is 225 g/mol. The lowest BCUT2D eigenvalue weighted by Gasteiger charge is -2.12. The van der Waals surface area contributed by atoms with Crippen molar-refractivity contribution in [1.29, 1.82) is 0 Å². The summed E-state index contributed by atoms with van der Waals surface area (Å²) in [4.78, 5) is 3.91. The molecule has 5 heteroatoms. The van der Waals surface area contributed by atoms with E-state index in [0.29, 0.717) is 11.4 Å². The van der Waals surface area contributed by atoms with Crippen LogP contribution >= 0.6 is 0 Å². The molecule has 0 aliphatic heterocycles. The van der Waals surface area contributed by atoms with E-state index >= 15 is 0 Å². The zero-order valence-electron chi connectivity index (χ0n) is 9.10. The Morgan fingerprint density at radius 1 is 1.53 bits per heavy atom. The minimum absolute atomic E-state index is 0.354. The molecule has 1 aromatic rings. The van der Waals surface area contributed by atoms with Crippen molar-refractivity contribution in [2.45, 2.75) is 25.5 Å². The van der Waals surface area contributed by atoms with E-state index in [4.69, 9.17) is 5.73 Å². The number of anilines is 1. The second-order valence-electron chi connectivity index (χ2n) is 4.07. The number of nitrogens with two attached hydrogens (primary N) is 1. The van der Waals surface area contributed by atoms with Crippen LogP contribution in [0.4, 0.5) is 5.82 Å². The second-order valence-corrected chi connectivity index (χ2v) is 6.01. The van der Waals surface area contributed by atoms with Gasteiger partial charge in [-0.3, -0.25) is 0 Å². The maximum absolute atomic E-state index is 11.6. The summed E-state index contributed by atoms with van der Waals surface area (Å²) >= 11 is 0. The van der Waals surface area contributed by atoms with Gasteiger partial charge in [-0.05, 0) is 32.9 Å². The van der Waals surface area contributed by atoms with Crippen molar-refractivity contribution in [2.75, 3.05) is 5.73 Å². The topological polar surface area (TPSA) is 68.3 Å². The minimum atomic E-state index is -1.26. The molecule has 1 rings (SSSR count). The summed E-state index contributed by atoms with van der Waals surface area (Å²) in [6, 6.07) is 3.55. The van der Waals surface area contributed by atoms with Crippen molar-refractivity contribution >= 4 is 23.0 Å². The third kappa shape index (κ3) is 3.43. The lowest BCUT2D eigenvalue weighted by Crippen LogP contribution is -2.19. The quantitative estimate of drug-likeness (QED) is 0.776. The smallest absolute Gasteiger partial charge is 0.144 e. The molecule has 1 aromatic heterocycles. The molecule has 2 N–H and O–H groups in total. The normalized spacial score (nSPS) is 14.3. The molecule has 4 nitrogen and oxygen atoms in total. The lowest BCUT2D eigenvalue weighted by atomic mass is 10.3. The summed E-state index contributed by atoms with van der Waals surface area (Å²) in [7, 11) is -1.26. The fraction of sp³-hybridized carbons (Fsp3) is 0.400. The summed E-state index contributed by atoms with van der Waals surface area (Å²) < 4.78 is 15.2. The number of pyridine rings is 1. The van der Waals surface area contributed by atoms with E-state index in [2.05, 4.69) is 9.38 Å². The number of hydrogen-bond donors (Lipinski definition) is 1. The van der Waals surface area contributed by atoms with Gasteiger partial charge in [0.15, 0.2) is 0 Å². The van der Waals surface area contributed by atoms with Gasteiger partial charge in [-0.25, -0.2) is 9.19 Å². The third-order valence-corrected chi connectivity index (χ3v) is 3.03. The maximum Gasteiger partial charge on any atom is 0.144 e. The lowest BCUT2D eigenvalue weighted by molar-refractivity contribution is 0.651. The van der Waals surface area contributed by atoms with E-state index < -0.39 is 11.0 Å². The van der Waals surface area contributed by atoms with Gasteiger partial charge in [0.2, 0.25) is 0 Å². The first-order valence-electron chi connectivity index (χ1n) is 4.58. The van der Waals surface area contributed by atoms with Gasteiger partial charge >= 0.3 is 0 Å². The monoisotopic (exact) mass is 225 g/mol. The largest absolute Gasteiger partial charge is 0.383 e. The molecular weight excluding hydrogens is 210 g/mol. The Kier molecular flexibility index (Phi) is 3.57. The molecule has 0 aliphatic rings. The Bertz CT molecular complexity index is 396. The van der Waals surface area contributed by atoms with Crippen LogP contribution < -0.4 is 5.73 Å².